The summed E-state index contributed by atoms with van der Waals surface area (Å²) in [6.07, 6.45) is 1.36. The van der Waals surface area contributed by atoms with E-state index in [1.165, 1.54) is 78.0 Å². The molecule has 3 rings (SSSR count). The van der Waals surface area contributed by atoms with E-state index in [9.17, 15) is 18.0 Å². The first kappa shape index (κ1) is 29.8. The van der Waals surface area contributed by atoms with Crippen molar-refractivity contribution in [2.75, 3.05) is 44.6 Å². The van der Waals surface area contributed by atoms with Crippen LogP contribution in [-0.2, 0) is 19.6 Å². The molecular weight excluding hydrogens is 540 g/mol. The largest absolute Gasteiger partial charge is 0.497 e. The molecule has 2 amide bonds. The van der Waals surface area contributed by atoms with Crippen LogP contribution in [0.1, 0.15) is 12.5 Å². The second-order valence-electron chi connectivity index (χ2n) is 8.17. The monoisotopic (exact) mass is 570 g/mol. The number of sulfonamides is 1. The summed E-state index contributed by atoms with van der Waals surface area (Å²) in [5.74, 6) is 0.723. The minimum atomic E-state index is -4.20. The van der Waals surface area contributed by atoms with Gasteiger partial charge in [-0.3, -0.25) is 13.9 Å². The maximum atomic E-state index is 13.6. The van der Waals surface area contributed by atoms with E-state index in [0.717, 1.165) is 4.31 Å². The van der Waals surface area contributed by atoms with Gasteiger partial charge in [0.05, 0.1) is 45.2 Å². The molecule has 40 heavy (non-hydrogen) atoms. The molecule has 0 fully saturated rings. The summed E-state index contributed by atoms with van der Waals surface area (Å²) in [5, 5.41) is 6.54. The Morgan fingerprint density at radius 3 is 1.98 bits per heavy atom. The quantitative estimate of drug-likeness (QED) is 0.250. The van der Waals surface area contributed by atoms with Crippen molar-refractivity contribution in [3.05, 3.63) is 66.2 Å². The van der Waals surface area contributed by atoms with E-state index in [0.29, 0.717) is 34.2 Å². The van der Waals surface area contributed by atoms with Gasteiger partial charge in [-0.05, 0) is 60.7 Å². The molecule has 0 radical (unpaired) electrons. The van der Waals surface area contributed by atoms with Crippen molar-refractivity contribution in [1.82, 2.24) is 5.43 Å². The van der Waals surface area contributed by atoms with Gasteiger partial charge in [0.2, 0.25) is 11.7 Å². The number of hydrazone groups is 1. The summed E-state index contributed by atoms with van der Waals surface area (Å²) in [6, 6.07) is 15.1. The SMILES string of the molecule is COc1ccc(N(CC(=O)N/N=C\c2cc(OC)c(OC)c(OC)c2)S(=O)(=O)c2ccc(NC(C)=O)cc2)cc1. The molecule has 13 heteroatoms. The number of hydrogen-bond donors (Lipinski definition) is 2. The molecule has 3 aromatic carbocycles. The third kappa shape index (κ3) is 7.20. The zero-order valence-corrected chi connectivity index (χ0v) is 23.4. The minimum Gasteiger partial charge on any atom is -0.497 e. The third-order valence-corrected chi connectivity index (χ3v) is 7.29. The lowest BCUT2D eigenvalue weighted by Crippen LogP contribution is -2.39. The molecule has 212 valence electrons. The number of nitrogens with zero attached hydrogens (tertiary/aromatic N) is 2. The highest BCUT2D eigenvalue weighted by molar-refractivity contribution is 7.92. The lowest BCUT2D eigenvalue weighted by atomic mass is 10.2. The van der Waals surface area contributed by atoms with Crippen molar-refractivity contribution in [1.29, 1.82) is 0 Å². The van der Waals surface area contributed by atoms with Gasteiger partial charge in [-0.2, -0.15) is 5.10 Å². The molecule has 0 saturated heterocycles. The topological polar surface area (TPSA) is 145 Å². The second kappa shape index (κ2) is 13.3. The van der Waals surface area contributed by atoms with Crippen molar-refractivity contribution < 1.29 is 37.0 Å². The maximum Gasteiger partial charge on any atom is 0.264 e. The molecule has 2 N–H and O–H groups in total. The van der Waals surface area contributed by atoms with Gasteiger partial charge in [0.15, 0.2) is 11.5 Å². The number of carbonyl (C=O) groups excluding carboxylic acids is 2. The average molecular weight is 571 g/mol. The summed E-state index contributed by atoms with van der Waals surface area (Å²) < 4.78 is 49.2. The Morgan fingerprint density at radius 1 is 0.875 bits per heavy atom. The number of anilines is 2. The highest BCUT2D eigenvalue weighted by Gasteiger charge is 2.27. The third-order valence-electron chi connectivity index (χ3n) is 5.50. The van der Waals surface area contributed by atoms with Crippen molar-refractivity contribution in [3.8, 4) is 23.0 Å². The lowest BCUT2D eigenvalue weighted by molar-refractivity contribution is -0.119. The maximum absolute atomic E-state index is 13.6. The van der Waals surface area contributed by atoms with Crippen LogP contribution in [0.15, 0.2) is 70.7 Å². The highest BCUT2D eigenvalue weighted by Crippen LogP contribution is 2.37. The predicted octanol–water partition coefficient (Wildman–Crippen LogP) is 3.03. The number of hydrogen-bond acceptors (Lipinski definition) is 9. The Balaban J connectivity index is 1.86. The Labute approximate surface area is 232 Å². The first-order valence-electron chi connectivity index (χ1n) is 11.8. The van der Waals surface area contributed by atoms with Crippen molar-refractivity contribution >= 4 is 39.4 Å². The Kier molecular flexibility index (Phi) is 9.92. The first-order valence-corrected chi connectivity index (χ1v) is 13.2. The summed E-state index contributed by atoms with van der Waals surface area (Å²) >= 11 is 0. The van der Waals surface area contributed by atoms with Crippen molar-refractivity contribution in [2.24, 2.45) is 5.10 Å². The van der Waals surface area contributed by atoms with Crippen LogP contribution >= 0.6 is 0 Å². The molecule has 0 aliphatic heterocycles. The molecular formula is C27H30N4O8S. The molecule has 3 aromatic rings. The van der Waals surface area contributed by atoms with Crippen LogP contribution in [0, 0.1) is 0 Å². The Bertz CT molecular complexity index is 1450. The van der Waals surface area contributed by atoms with Gasteiger partial charge in [0.1, 0.15) is 12.3 Å². The van der Waals surface area contributed by atoms with Crippen LogP contribution in [0.5, 0.6) is 23.0 Å². The molecule has 0 aliphatic rings. The molecule has 0 aromatic heterocycles. The molecule has 0 atom stereocenters. The highest BCUT2D eigenvalue weighted by atomic mass is 32.2. The van der Waals surface area contributed by atoms with Crippen LogP contribution in [0.4, 0.5) is 11.4 Å². The molecule has 0 saturated carbocycles. The number of benzene rings is 3. The fraction of sp³-hybridized carbons (Fsp3) is 0.222. The normalized spacial score (nSPS) is 11.0. The van der Waals surface area contributed by atoms with Gasteiger partial charge < -0.3 is 24.3 Å². The van der Waals surface area contributed by atoms with Gasteiger partial charge in [-0.25, -0.2) is 13.8 Å². The fourth-order valence-corrected chi connectivity index (χ4v) is 5.05. The van der Waals surface area contributed by atoms with E-state index in [2.05, 4.69) is 15.8 Å². The number of ether oxygens (including phenoxy) is 4. The smallest absolute Gasteiger partial charge is 0.264 e. The predicted molar refractivity (Wildman–Crippen MR) is 150 cm³/mol. The molecule has 0 unspecified atom stereocenters. The summed E-state index contributed by atoms with van der Waals surface area (Å²) in [4.78, 5) is 24.1. The van der Waals surface area contributed by atoms with E-state index in [1.54, 1.807) is 24.3 Å². The Morgan fingerprint density at radius 2 is 1.48 bits per heavy atom. The summed E-state index contributed by atoms with van der Waals surface area (Å²) in [6.45, 7) is 0.771. The number of rotatable bonds is 12. The van der Waals surface area contributed by atoms with Gasteiger partial charge in [-0.1, -0.05) is 0 Å². The van der Waals surface area contributed by atoms with Crippen molar-refractivity contribution in [3.63, 3.8) is 0 Å². The van der Waals surface area contributed by atoms with Gasteiger partial charge in [0, 0.05) is 18.2 Å². The zero-order valence-electron chi connectivity index (χ0n) is 22.6. The molecule has 12 nitrogen and oxygen atoms in total. The number of nitrogens with one attached hydrogen (secondary N) is 2. The molecule has 0 spiro atoms. The van der Waals surface area contributed by atoms with E-state index in [-0.39, 0.29) is 16.5 Å². The van der Waals surface area contributed by atoms with Gasteiger partial charge in [-0.15, -0.1) is 0 Å². The molecule has 0 heterocycles. The van der Waals surface area contributed by atoms with E-state index in [4.69, 9.17) is 18.9 Å². The number of amides is 2. The van der Waals surface area contributed by atoms with E-state index >= 15 is 0 Å². The van der Waals surface area contributed by atoms with Gasteiger partial charge >= 0.3 is 0 Å². The van der Waals surface area contributed by atoms with Crippen LogP contribution in [0.25, 0.3) is 0 Å². The van der Waals surface area contributed by atoms with Gasteiger partial charge in [0.25, 0.3) is 15.9 Å². The van der Waals surface area contributed by atoms with E-state index < -0.39 is 22.5 Å². The fourth-order valence-electron chi connectivity index (χ4n) is 3.62. The van der Waals surface area contributed by atoms with Crippen LogP contribution in [0.3, 0.4) is 0 Å². The van der Waals surface area contributed by atoms with Crippen LogP contribution in [0.2, 0.25) is 0 Å². The summed E-state index contributed by atoms with van der Waals surface area (Å²) in [5.41, 5.74) is 3.55. The van der Waals surface area contributed by atoms with Crippen LogP contribution in [-0.4, -0.2) is 61.4 Å². The van der Waals surface area contributed by atoms with Crippen molar-refractivity contribution in [2.45, 2.75) is 11.8 Å². The van der Waals surface area contributed by atoms with Crippen LogP contribution < -0.4 is 34.0 Å². The first-order chi connectivity index (χ1) is 19.1. The van der Waals surface area contributed by atoms with E-state index in [1.807, 2.05) is 0 Å². The molecule has 0 aliphatic carbocycles. The minimum absolute atomic E-state index is 0.0776. The summed E-state index contributed by atoms with van der Waals surface area (Å²) in [7, 11) is 1.72. The Hall–Kier alpha value is -4.78. The lowest BCUT2D eigenvalue weighted by Gasteiger charge is -2.24. The molecule has 0 bridgehead atoms. The number of methoxy groups -OCH3 is 4. The standard InChI is InChI=1S/C27H30N4O8S/c1-18(32)29-20-6-12-23(13-7-20)40(34,35)31(21-8-10-22(36-2)11-9-21)17-26(33)30-28-16-19-14-24(37-3)27(39-5)25(15-19)38-4/h6-16H,17H2,1-5H3,(H,29,32)(H,30,33)/b28-16-. The average Bonchev–Trinajstić information content (AvgIpc) is 2.95. The zero-order chi connectivity index (χ0) is 29.3. The second-order valence-corrected chi connectivity index (χ2v) is 10.0. The number of carbonyl (C=O) groups is 2.